The number of aliphatic imine (C=N–C) groups is 1. The fourth-order valence-electron chi connectivity index (χ4n) is 5.06. The highest BCUT2D eigenvalue weighted by Crippen LogP contribution is 2.27. The largest absolute Gasteiger partial charge is 0.359 e. The summed E-state index contributed by atoms with van der Waals surface area (Å²) in [6, 6.07) is 23.6. The van der Waals surface area contributed by atoms with E-state index in [9.17, 15) is 10.1 Å². The molecule has 194 valence electrons. The third kappa shape index (κ3) is 5.62. The lowest BCUT2D eigenvalue weighted by atomic mass is 10.1. The summed E-state index contributed by atoms with van der Waals surface area (Å²) in [7, 11) is 0. The van der Waals surface area contributed by atoms with Gasteiger partial charge in [0.25, 0.3) is 5.91 Å². The van der Waals surface area contributed by atoms with E-state index in [4.69, 9.17) is 4.52 Å². The fraction of sp³-hybridized carbons (Fsp3) is 0.333. The molecule has 3 heterocycles. The molecule has 0 aliphatic carbocycles. The van der Waals surface area contributed by atoms with Gasteiger partial charge in [-0.1, -0.05) is 65.8 Å². The highest BCUT2D eigenvalue weighted by molar-refractivity contribution is 5.91. The van der Waals surface area contributed by atoms with Gasteiger partial charge in [-0.3, -0.25) is 14.7 Å². The van der Waals surface area contributed by atoms with Crippen molar-refractivity contribution < 1.29 is 9.32 Å². The van der Waals surface area contributed by atoms with Crippen molar-refractivity contribution in [3.8, 4) is 17.3 Å². The van der Waals surface area contributed by atoms with E-state index in [0.29, 0.717) is 23.6 Å². The smallest absolute Gasteiger partial charge is 0.250 e. The van der Waals surface area contributed by atoms with Crippen molar-refractivity contribution in [2.24, 2.45) is 4.99 Å². The Hall–Kier alpha value is -4.38. The average Bonchev–Trinajstić information content (AvgIpc) is 3.45. The molecule has 1 amide bonds. The maximum Gasteiger partial charge on any atom is 0.250 e. The minimum atomic E-state index is -0.531. The number of aromatic nitrogens is 1. The molecule has 1 fully saturated rings. The van der Waals surface area contributed by atoms with Crippen LogP contribution in [0.2, 0.25) is 0 Å². The Kier molecular flexibility index (Phi) is 7.84. The Labute approximate surface area is 223 Å². The highest BCUT2D eigenvalue weighted by atomic mass is 16.5. The Balaban J connectivity index is 1.47. The van der Waals surface area contributed by atoms with E-state index in [2.05, 4.69) is 38.2 Å². The minimum Gasteiger partial charge on any atom is -0.359 e. The van der Waals surface area contributed by atoms with Crippen molar-refractivity contribution in [1.29, 1.82) is 5.26 Å². The summed E-state index contributed by atoms with van der Waals surface area (Å²) in [5.41, 5.74) is 3.32. The zero-order valence-corrected chi connectivity index (χ0v) is 21.7. The number of hydrogen-bond donors (Lipinski definition) is 0. The van der Waals surface area contributed by atoms with Gasteiger partial charge in [0.1, 0.15) is 23.6 Å². The summed E-state index contributed by atoms with van der Waals surface area (Å²) >= 11 is 0. The SMILES string of the molecule is CC1C(=O)N(Cc2cc(-c3ccccc3)no2)C=NC/C(C#N)=C(/N2CCCCC2)N1Cc1ccccc1. The van der Waals surface area contributed by atoms with Crippen LogP contribution in [-0.2, 0) is 17.9 Å². The van der Waals surface area contributed by atoms with Crippen LogP contribution in [0.25, 0.3) is 11.3 Å². The van der Waals surface area contributed by atoms with E-state index < -0.39 is 6.04 Å². The molecule has 1 unspecified atom stereocenters. The molecule has 0 saturated carbocycles. The fourth-order valence-corrected chi connectivity index (χ4v) is 5.06. The zero-order chi connectivity index (χ0) is 26.3. The molecule has 0 spiro atoms. The van der Waals surface area contributed by atoms with Crippen LogP contribution >= 0.6 is 0 Å². The molecule has 1 atom stereocenters. The van der Waals surface area contributed by atoms with E-state index >= 15 is 0 Å². The van der Waals surface area contributed by atoms with Crippen LogP contribution in [0, 0.1) is 11.3 Å². The number of nitriles is 1. The first-order valence-corrected chi connectivity index (χ1v) is 13.1. The lowest BCUT2D eigenvalue weighted by Gasteiger charge is -2.41. The molecular weight excluding hydrogens is 476 g/mol. The predicted octanol–water partition coefficient (Wildman–Crippen LogP) is 4.82. The van der Waals surface area contributed by atoms with E-state index in [1.807, 2.05) is 61.5 Å². The maximum atomic E-state index is 14.0. The maximum absolute atomic E-state index is 14.0. The van der Waals surface area contributed by atoms with Gasteiger partial charge in [0.2, 0.25) is 0 Å². The van der Waals surface area contributed by atoms with E-state index in [1.165, 1.54) is 6.42 Å². The first-order valence-electron chi connectivity index (χ1n) is 13.1. The van der Waals surface area contributed by atoms with Crippen molar-refractivity contribution in [3.05, 3.63) is 89.4 Å². The van der Waals surface area contributed by atoms with Crippen molar-refractivity contribution in [2.45, 2.75) is 45.3 Å². The van der Waals surface area contributed by atoms with Gasteiger partial charge in [-0.2, -0.15) is 5.26 Å². The van der Waals surface area contributed by atoms with Gasteiger partial charge in [0.05, 0.1) is 25.0 Å². The number of piperidine rings is 1. The Bertz CT molecular complexity index is 1340. The van der Waals surface area contributed by atoms with Crippen LogP contribution in [-0.4, -0.2) is 57.8 Å². The van der Waals surface area contributed by atoms with Gasteiger partial charge in [-0.15, -0.1) is 0 Å². The number of nitrogens with zero attached hydrogens (tertiary/aromatic N) is 6. The van der Waals surface area contributed by atoms with Crippen LogP contribution in [0.1, 0.15) is 37.5 Å². The van der Waals surface area contributed by atoms with Crippen molar-refractivity contribution >= 4 is 12.2 Å². The first kappa shape index (κ1) is 25.3. The predicted molar refractivity (Wildman–Crippen MR) is 145 cm³/mol. The first-order chi connectivity index (χ1) is 18.6. The van der Waals surface area contributed by atoms with E-state index in [1.54, 1.807) is 11.2 Å². The number of amides is 1. The molecule has 3 aromatic rings. The minimum absolute atomic E-state index is 0.115. The van der Waals surface area contributed by atoms with Crippen molar-refractivity contribution in [2.75, 3.05) is 19.6 Å². The summed E-state index contributed by atoms with van der Waals surface area (Å²) in [5.74, 6) is 1.27. The number of carbonyl (C=O) groups excluding carboxylic acids is 1. The van der Waals surface area contributed by atoms with Crippen LogP contribution < -0.4 is 0 Å². The molecule has 1 aromatic heterocycles. The van der Waals surface area contributed by atoms with Crippen LogP contribution in [0.15, 0.2) is 87.6 Å². The molecule has 0 N–H and O–H groups in total. The zero-order valence-electron chi connectivity index (χ0n) is 21.7. The Morgan fingerprint density at radius 1 is 1.00 bits per heavy atom. The van der Waals surface area contributed by atoms with Gasteiger partial charge < -0.3 is 14.3 Å². The molecule has 2 aromatic carbocycles. The van der Waals surface area contributed by atoms with E-state index in [-0.39, 0.29) is 19.0 Å². The number of benzene rings is 2. The molecule has 1 saturated heterocycles. The van der Waals surface area contributed by atoms with Gasteiger partial charge >= 0.3 is 0 Å². The molecule has 8 heteroatoms. The summed E-state index contributed by atoms with van der Waals surface area (Å²) in [5, 5.41) is 14.4. The third-order valence-corrected chi connectivity index (χ3v) is 7.06. The third-order valence-electron chi connectivity index (χ3n) is 7.06. The van der Waals surface area contributed by atoms with Crippen molar-refractivity contribution in [1.82, 2.24) is 19.9 Å². The number of hydrogen-bond acceptors (Lipinski definition) is 7. The molecule has 0 bridgehead atoms. The average molecular weight is 509 g/mol. The van der Waals surface area contributed by atoms with Crippen molar-refractivity contribution in [3.63, 3.8) is 0 Å². The van der Waals surface area contributed by atoms with Gasteiger partial charge in [0.15, 0.2) is 5.76 Å². The Morgan fingerprint density at radius 2 is 1.71 bits per heavy atom. The topological polar surface area (TPSA) is 89.0 Å². The normalized spacial score (nSPS) is 20.6. The van der Waals surface area contributed by atoms with Crippen LogP contribution in [0.3, 0.4) is 0 Å². The summed E-state index contributed by atoms with van der Waals surface area (Å²) in [6.07, 6.45) is 4.84. The second-order valence-electron chi connectivity index (χ2n) is 9.72. The molecule has 38 heavy (non-hydrogen) atoms. The second-order valence-corrected chi connectivity index (χ2v) is 9.72. The number of rotatable bonds is 6. The summed E-state index contributed by atoms with van der Waals surface area (Å²) in [4.78, 5) is 24.4. The summed E-state index contributed by atoms with van der Waals surface area (Å²) in [6.45, 7) is 4.55. The molecule has 2 aliphatic heterocycles. The van der Waals surface area contributed by atoms with Gasteiger partial charge in [-0.05, 0) is 31.7 Å². The van der Waals surface area contributed by atoms with Gasteiger partial charge in [-0.25, -0.2) is 0 Å². The molecule has 0 radical (unpaired) electrons. The molecule has 5 rings (SSSR count). The summed E-state index contributed by atoms with van der Waals surface area (Å²) < 4.78 is 5.60. The monoisotopic (exact) mass is 508 g/mol. The lowest BCUT2D eigenvalue weighted by Crippen LogP contribution is -2.49. The lowest BCUT2D eigenvalue weighted by molar-refractivity contribution is -0.132. The van der Waals surface area contributed by atoms with Gasteiger partial charge in [0, 0.05) is 31.3 Å². The second kappa shape index (κ2) is 11.8. The molecule has 8 nitrogen and oxygen atoms in total. The molecule has 2 aliphatic rings. The molecular formula is C30H32N6O2. The van der Waals surface area contributed by atoms with Crippen LogP contribution in [0.5, 0.6) is 0 Å². The van der Waals surface area contributed by atoms with E-state index in [0.717, 1.165) is 42.9 Å². The highest BCUT2D eigenvalue weighted by Gasteiger charge is 2.33. The van der Waals surface area contributed by atoms with Crippen LogP contribution in [0.4, 0.5) is 0 Å². The Morgan fingerprint density at radius 3 is 2.42 bits per heavy atom. The number of carbonyl (C=O) groups is 1. The standard InChI is InChI=1S/C30H32N6O2/c1-23-30(37)35(21-27-17-28(33-38-27)25-13-7-3-8-14-25)22-32-19-26(18-31)29(34-15-9-4-10-16-34)36(23)20-24-11-5-2-6-12-24/h2-3,5-8,11-14,17,22-23H,4,9-10,15-16,19-21H2,1H3/b29-26-,32-22?. The quantitative estimate of drug-likeness (QED) is 0.474. The number of likely N-dealkylation sites (tertiary alicyclic amines) is 1.